The van der Waals surface area contributed by atoms with Crippen LogP contribution in [0.25, 0.3) is 44.7 Å². The smallest absolute Gasteiger partial charge is 0.405 e. The molecule has 0 bridgehead atoms. The lowest BCUT2D eigenvalue weighted by Crippen LogP contribution is -2.48. The van der Waals surface area contributed by atoms with Gasteiger partial charge in [-0.3, -0.25) is 9.69 Å². The van der Waals surface area contributed by atoms with Crippen molar-refractivity contribution in [1.82, 2.24) is 35.6 Å². The van der Waals surface area contributed by atoms with Crippen molar-refractivity contribution in [3.05, 3.63) is 108 Å². The van der Waals surface area contributed by atoms with Crippen LogP contribution in [-0.4, -0.2) is 54.6 Å². The predicted octanol–water partition coefficient (Wildman–Crippen LogP) is 6.32. The summed E-state index contributed by atoms with van der Waals surface area (Å²) in [6, 6.07) is 23.9. The lowest BCUT2D eigenvalue weighted by Gasteiger charge is -2.27. The van der Waals surface area contributed by atoms with E-state index in [4.69, 9.17) is 9.97 Å². The molecule has 6 heterocycles. The van der Waals surface area contributed by atoms with Crippen LogP contribution in [0, 0.1) is 0 Å². The van der Waals surface area contributed by atoms with Gasteiger partial charge in [0.15, 0.2) is 0 Å². The van der Waals surface area contributed by atoms with Gasteiger partial charge < -0.3 is 25.7 Å². The first-order valence-corrected chi connectivity index (χ1v) is 16.8. The van der Waals surface area contributed by atoms with Gasteiger partial charge >= 0.3 is 6.09 Å². The Bertz CT molecular complexity index is 2230. The molecule has 3 aromatic carbocycles. The van der Waals surface area contributed by atoms with Crippen molar-refractivity contribution in [3.63, 3.8) is 0 Å². The zero-order valence-corrected chi connectivity index (χ0v) is 26.6. The van der Waals surface area contributed by atoms with E-state index in [1.807, 2.05) is 42.6 Å². The number of hydrogen-bond donors (Lipinski definition) is 5. The van der Waals surface area contributed by atoms with E-state index in [1.165, 1.54) is 6.42 Å². The van der Waals surface area contributed by atoms with E-state index in [0.29, 0.717) is 31.1 Å². The number of amides is 2. The van der Waals surface area contributed by atoms with E-state index < -0.39 is 12.1 Å². The molecule has 1 fully saturated rings. The van der Waals surface area contributed by atoms with Gasteiger partial charge in [-0.05, 0) is 67.1 Å². The molecule has 9 rings (SSSR count). The lowest BCUT2D eigenvalue weighted by atomic mass is 10.0. The number of H-pyrrole nitrogens is 2. The van der Waals surface area contributed by atoms with Crippen molar-refractivity contribution in [2.75, 3.05) is 11.4 Å². The summed E-state index contributed by atoms with van der Waals surface area (Å²) >= 11 is 0. The highest BCUT2D eigenvalue weighted by molar-refractivity contribution is 6.02. The minimum atomic E-state index is -1.20. The number of fused-ring (bicyclic) bond motifs is 1. The van der Waals surface area contributed by atoms with E-state index in [0.717, 1.165) is 80.3 Å². The average molecular weight is 651 g/mol. The van der Waals surface area contributed by atoms with Gasteiger partial charge in [-0.15, -0.1) is 0 Å². The van der Waals surface area contributed by atoms with Gasteiger partial charge in [-0.2, -0.15) is 0 Å². The normalized spacial score (nSPS) is 20.0. The van der Waals surface area contributed by atoms with Crippen molar-refractivity contribution in [2.45, 2.75) is 50.2 Å². The molecule has 6 aromatic rings. The molecule has 1 saturated heterocycles. The first kappa shape index (κ1) is 29.3. The highest BCUT2D eigenvalue weighted by Crippen LogP contribution is 2.44. The standard InChI is InChI=1S/C38H34N8O3/c47-37-30(45-38(48)49)15-10-23-3-1-4-26-18-33(46(37)34(23)26)36-41-19-31(44-36)22-8-6-21(7-9-22)27-13-11-24-17-25(12-14-28(24)42-27)32-20-40-35(43-32)29-5-2-16-39-29/h1,3-4,6-9,11-14,17,19-20,29-30,33,39,45H,2,5,10,15-16,18H2,(H,40,43)(H,41,44)(H,48,49)/t29-,30-,33-/m0/s1. The third kappa shape index (κ3) is 5.23. The maximum absolute atomic E-state index is 13.7. The molecule has 3 aliphatic heterocycles. The van der Waals surface area contributed by atoms with Crippen LogP contribution in [0.2, 0.25) is 0 Å². The number of para-hydroxylation sites is 1. The predicted molar refractivity (Wildman–Crippen MR) is 186 cm³/mol. The molecule has 3 aliphatic rings. The number of carbonyl (C=O) groups excluding carboxylic acids is 1. The number of aryl methyl sites for hydroxylation is 1. The molecule has 2 amide bonds. The van der Waals surface area contributed by atoms with Crippen LogP contribution in [0.3, 0.4) is 0 Å². The van der Waals surface area contributed by atoms with Gasteiger partial charge in [0.2, 0.25) is 5.91 Å². The molecule has 0 aliphatic carbocycles. The minimum Gasteiger partial charge on any atom is -0.465 e. The topological polar surface area (TPSA) is 152 Å². The summed E-state index contributed by atoms with van der Waals surface area (Å²) in [4.78, 5) is 48.2. The van der Waals surface area contributed by atoms with Crippen LogP contribution in [0.15, 0.2) is 85.2 Å². The molecule has 0 unspecified atom stereocenters. The number of imidazole rings is 2. The number of nitrogens with zero attached hydrogens (tertiary/aromatic N) is 4. The Hall–Kier alpha value is -5.81. The summed E-state index contributed by atoms with van der Waals surface area (Å²) < 4.78 is 0. The quantitative estimate of drug-likeness (QED) is 0.142. The maximum atomic E-state index is 13.7. The van der Waals surface area contributed by atoms with Crippen molar-refractivity contribution in [1.29, 1.82) is 0 Å². The average Bonchev–Trinajstić information content (AvgIpc) is 3.95. The molecular weight excluding hydrogens is 616 g/mol. The number of aromatic amines is 2. The fourth-order valence-corrected chi connectivity index (χ4v) is 7.64. The van der Waals surface area contributed by atoms with Gasteiger partial charge in [0.05, 0.1) is 52.8 Å². The van der Waals surface area contributed by atoms with E-state index in [-0.39, 0.29) is 11.9 Å². The summed E-state index contributed by atoms with van der Waals surface area (Å²) in [5.74, 6) is 1.42. The minimum absolute atomic E-state index is 0.246. The molecular formula is C38H34N8O3. The number of hydrogen-bond acceptors (Lipinski definition) is 6. The van der Waals surface area contributed by atoms with Gasteiger partial charge in [-0.1, -0.05) is 54.6 Å². The number of carbonyl (C=O) groups is 2. The van der Waals surface area contributed by atoms with Gasteiger partial charge in [-0.25, -0.2) is 19.7 Å². The molecule has 11 heteroatoms. The number of rotatable bonds is 6. The van der Waals surface area contributed by atoms with Crippen LogP contribution in [-0.2, 0) is 17.6 Å². The molecule has 3 aromatic heterocycles. The third-order valence-electron chi connectivity index (χ3n) is 10.1. The monoisotopic (exact) mass is 650 g/mol. The molecule has 49 heavy (non-hydrogen) atoms. The Morgan fingerprint density at radius 1 is 0.857 bits per heavy atom. The summed E-state index contributed by atoms with van der Waals surface area (Å²) in [5, 5.41) is 16.4. The van der Waals surface area contributed by atoms with Crippen molar-refractivity contribution in [3.8, 4) is 33.8 Å². The van der Waals surface area contributed by atoms with Crippen molar-refractivity contribution >= 4 is 28.6 Å². The first-order valence-electron chi connectivity index (χ1n) is 16.8. The van der Waals surface area contributed by atoms with E-state index in [2.05, 4.69) is 62.0 Å². The van der Waals surface area contributed by atoms with Crippen LogP contribution in [0.4, 0.5) is 10.5 Å². The molecule has 0 radical (unpaired) electrons. The van der Waals surface area contributed by atoms with Crippen molar-refractivity contribution < 1.29 is 14.7 Å². The number of anilines is 1. The largest absolute Gasteiger partial charge is 0.465 e. The Kier molecular flexibility index (Phi) is 7.01. The fourth-order valence-electron chi connectivity index (χ4n) is 7.64. The summed E-state index contributed by atoms with van der Waals surface area (Å²) in [7, 11) is 0. The third-order valence-corrected chi connectivity index (χ3v) is 10.1. The fraction of sp³-hybridized carbons (Fsp3) is 0.237. The van der Waals surface area contributed by atoms with E-state index >= 15 is 0 Å². The van der Waals surface area contributed by atoms with Crippen molar-refractivity contribution in [2.24, 2.45) is 0 Å². The summed E-state index contributed by atoms with van der Waals surface area (Å²) in [6.07, 6.45) is 6.43. The second kappa shape index (κ2) is 11.7. The van der Waals surface area contributed by atoms with Gasteiger partial charge in [0, 0.05) is 22.9 Å². The molecule has 3 atom stereocenters. The number of nitrogens with one attached hydrogen (secondary N) is 4. The number of aromatic nitrogens is 5. The van der Waals surface area contributed by atoms with Crippen LogP contribution in [0.1, 0.15) is 54.1 Å². The maximum Gasteiger partial charge on any atom is 0.405 e. The summed E-state index contributed by atoms with van der Waals surface area (Å²) in [6.45, 7) is 1.04. The second-order valence-electron chi connectivity index (χ2n) is 13.1. The van der Waals surface area contributed by atoms with E-state index in [1.54, 1.807) is 11.1 Å². The van der Waals surface area contributed by atoms with Crippen LogP contribution in [0.5, 0.6) is 0 Å². The summed E-state index contributed by atoms with van der Waals surface area (Å²) in [5.41, 5.74) is 9.71. The SMILES string of the molecule is O=C(O)N[C@H]1CCc2cccc3c2N(C1=O)[C@H](c1ncc(-c2ccc(-c4ccc5cc(-c6cnc([C@@H]7CCCN7)[nH]6)ccc5n4)cc2)[nH]1)C3. The molecule has 0 saturated carbocycles. The zero-order chi connectivity index (χ0) is 33.1. The highest BCUT2D eigenvalue weighted by Gasteiger charge is 2.42. The van der Waals surface area contributed by atoms with Crippen LogP contribution < -0.4 is 15.5 Å². The Balaban J connectivity index is 0.944. The zero-order valence-electron chi connectivity index (χ0n) is 26.6. The second-order valence-corrected chi connectivity index (χ2v) is 13.1. The Morgan fingerprint density at radius 2 is 1.61 bits per heavy atom. The molecule has 0 spiro atoms. The molecule has 244 valence electrons. The lowest BCUT2D eigenvalue weighted by molar-refractivity contribution is -0.120. The highest BCUT2D eigenvalue weighted by atomic mass is 16.4. The van der Waals surface area contributed by atoms with Gasteiger partial charge in [0.25, 0.3) is 0 Å². The Morgan fingerprint density at radius 3 is 2.43 bits per heavy atom. The number of carboxylic acid groups (broad SMARTS) is 1. The van der Waals surface area contributed by atoms with E-state index in [9.17, 15) is 14.7 Å². The Labute approximate surface area is 281 Å². The van der Waals surface area contributed by atoms with Gasteiger partial charge in [0.1, 0.15) is 17.7 Å². The molecule has 11 nitrogen and oxygen atoms in total. The first-order chi connectivity index (χ1) is 24.0. The number of pyridine rings is 1. The molecule has 5 N–H and O–H groups in total. The number of benzene rings is 3. The van der Waals surface area contributed by atoms with Crippen LogP contribution >= 0.6 is 0 Å².